The zero-order valence-corrected chi connectivity index (χ0v) is 15.4. The minimum Gasteiger partial charge on any atom is -0.448 e. The van der Waals surface area contributed by atoms with E-state index < -0.39 is 18.0 Å². The van der Waals surface area contributed by atoms with E-state index in [1.165, 1.54) is 14.0 Å². The molecule has 7 nitrogen and oxygen atoms in total. The van der Waals surface area contributed by atoms with Crippen molar-refractivity contribution < 1.29 is 14.3 Å². The van der Waals surface area contributed by atoms with Crippen molar-refractivity contribution in [1.82, 2.24) is 9.78 Å². The molecular formula is C19H16ClN3O4. The number of para-hydroxylation sites is 1. The number of carbonyl (C=O) groups excluding carboxylic acids is 2. The zero-order chi connectivity index (χ0) is 19.6. The summed E-state index contributed by atoms with van der Waals surface area (Å²) in [6.45, 7) is 1.44. The molecule has 1 atom stereocenters. The third kappa shape index (κ3) is 3.83. The molecule has 0 aliphatic rings. The molecule has 0 saturated heterocycles. The topological polar surface area (TPSA) is 90.3 Å². The van der Waals surface area contributed by atoms with Crippen molar-refractivity contribution in [3.05, 3.63) is 69.6 Å². The number of nitrogens with zero attached hydrogens (tertiary/aromatic N) is 2. The number of esters is 1. The Hall–Kier alpha value is -3.19. The monoisotopic (exact) mass is 385 g/mol. The molecule has 0 radical (unpaired) electrons. The van der Waals surface area contributed by atoms with Gasteiger partial charge in [0.05, 0.1) is 16.1 Å². The van der Waals surface area contributed by atoms with E-state index in [2.05, 4.69) is 10.4 Å². The molecule has 0 bridgehead atoms. The number of fused-ring (bicyclic) bond motifs is 1. The molecule has 0 aliphatic heterocycles. The molecule has 0 fully saturated rings. The molecule has 8 heteroatoms. The second-order valence-electron chi connectivity index (χ2n) is 5.84. The number of amides is 1. The molecule has 2 aromatic carbocycles. The van der Waals surface area contributed by atoms with Gasteiger partial charge in [-0.25, -0.2) is 9.48 Å². The van der Waals surface area contributed by atoms with Crippen molar-refractivity contribution in [1.29, 1.82) is 0 Å². The van der Waals surface area contributed by atoms with Gasteiger partial charge in [0.25, 0.3) is 11.5 Å². The van der Waals surface area contributed by atoms with E-state index in [1.54, 1.807) is 48.5 Å². The van der Waals surface area contributed by atoms with Gasteiger partial charge >= 0.3 is 5.97 Å². The predicted molar refractivity (Wildman–Crippen MR) is 102 cm³/mol. The second-order valence-corrected chi connectivity index (χ2v) is 6.25. The number of rotatable bonds is 4. The SMILES string of the molecule is C[C@@H](OC(=O)c1nn(C)c(=O)c2ccccc12)C(=O)Nc1ccccc1Cl. The Balaban J connectivity index is 1.82. The standard InChI is InChI=1S/C19H16ClN3O4/c1-11(17(24)21-15-10-6-5-9-14(15)20)27-19(26)16-12-7-3-4-8-13(12)18(25)23(2)22-16/h3-11H,1-2H3,(H,21,24)/t11-/m1/s1. The van der Waals surface area contributed by atoms with E-state index in [-0.39, 0.29) is 11.3 Å². The van der Waals surface area contributed by atoms with Crippen molar-refractivity contribution in [3.8, 4) is 0 Å². The van der Waals surface area contributed by atoms with E-state index >= 15 is 0 Å². The summed E-state index contributed by atoms with van der Waals surface area (Å²) in [5.41, 5.74) is 0.0505. The van der Waals surface area contributed by atoms with Crippen molar-refractivity contribution in [3.63, 3.8) is 0 Å². The molecule has 138 valence electrons. The second kappa shape index (κ2) is 7.59. The van der Waals surface area contributed by atoms with Gasteiger partial charge in [-0.1, -0.05) is 41.9 Å². The smallest absolute Gasteiger partial charge is 0.360 e. The van der Waals surface area contributed by atoms with Gasteiger partial charge in [0.1, 0.15) is 0 Å². The lowest BCUT2D eigenvalue weighted by molar-refractivity contribution is -0.123. The van der Waals surface area contributed by atoms with Crippen LogP contribution in [-0.4, -0.2) is 27.8 Å². The third-order valence-electron chi connectivity index (χ3n) is 3.93. The van der Waals surface area contributed by atoms with Crippen LogP contribution >= 0.6 is 11.6 Å². The lowest BCUT2D eigenvalue weighted by atomic mass is 10.1. The summed E-state index contributed by atoms with van der Waals surface area (Å²) < 4.78 is 6.30. The fourth-order valence-corrected chi connectivity index (χ4v) is 2.70. The lowest BCUT2D eigenvalue weighted by Gasteiger charge is -2.15. The van der Waals surface area contributed by atoms with Gasteiger partial charge in [0.15, 0.2) is 11.8 Å². The number of ether oxygens (including phenoxy) is 1. The first-order valence-corrected chi connectivity index (χ1v) is 8.48. The number of aromatic nitrogens is 2. The molecule has 0 spiro atoms. The Kier molecular flexibility index (Phi) is 5.23. The van der Waals surface area contributed by atoms with Gasteiger partial charge in [0.2, 0.25) is 0 Å². The molecule has 3 aromatic rings. The van der Waals surface area contributed by atoms with Crippen LogP contribution in [0.15, 0.2) is 53.3 Å². The summed E-state index contributed by atoms with van der Waals surface area (Å²) in [6.07, 6.45) is -1.09. The highest BCUT2D eigenvalue weighted by Crippen LogP contribution is 2.21. The Bertz CT molecular complexity index is 1090. The summed E-state index contributed by atoms with van der Waals surface area (Å²) in [5, 5.41) is 7.67. The van der Waals surface area contributed by atoms with Crippen LogP contribution in [0.1, 0.15) is 17.4 Å². The van der Waals surface area contributed by atoms with Crippen LogP contribution < -0.4 is 10.9 Å². The highest BCUT2D eigenvalue weighted by molar-refractivity contribution is 6.33. The van der Waals surface area contributed by atoms with Crippen molar-refractivity contribution in [2.24, 2.45) is 7.05 Å². The number of aryl methyl sites for hydroxylation is 1. The third-order valence-corrected chi connectivity index (χ3v) is 4.26. The largest absolute Gasteiger partial charge is 0.448 e. The number of anilines is 1. The number of carbonyl (C=O) groups is 2. The number of benzene rings is 2. The molecule has 3 rings (SSSR count). The van der Waals surface area contributed by atoms with Gasteiger partial charge < -0.3 is 10.1 Å². The summed E-state index contributed by atoms with van der Waals surface area (Å²) >= 11 is 6.01. The minimum absolute atomic E-state index is 0.0370. The Morgan fingerprint density at radius 1 is 1.11 bits per heavy atom. The quantitative estimate of drug-likeness (QED) is 0.697. The first-order valence-electron chi connectivity index (χ1n) is 8.11. The fourth-order valence-electron chi connectivity index (χ4n) is 2.52. The maximum absolute atomic E-state index is 12.6. The molecule has 1 amide bonds. The summed E-state index contributed by atoms with van der Waals surface area (Å²) in [4.78, 5) is 37.0. The van der Waals surface area contributed by atoms with E-state index in [9.17, 15) is 14.4 Å². The van der Waals surface area contributed by atoms with Gasteiger partial charge in [-0.05, 0) is 25.1 Å². The molecule has 0 unspecified atom stereocenters. The molecule has 27 heavy (non-hydrogen) atoms. The number of nitrogens with one attached hydrogen (secondary N) is 1. The van der Waals surface area contributed by atoms with Gasteiger partial charge in [-0.3, -0.25) is 9.59 Å². The maximum atomic E-state index is 12.6. The van der Waals surface area contributed by atoms with Crippen molar-refractivity contribution >= 4 is 39.9 Å². The van der Waals surface area contributed by atoms with Gasteiger partial charge in [0, 0.05) is 12.4 Å². The molecule has 0 aliphatic carbocycles. The minimum atomic E-state index is -1.09. The Morgan fingerprint density at radius 3 is 2.44 bits per heavy atom. The van der Waals surface area contributed by atoms with Crippen LogP contribution in [0.4, 0.5) is 5.69 Å². The van der Waals surface area contributed by atoms with Crippen LogP contribution in [0.25, 0.3) is 10.8 Å². The highest BCUT2D eigenvalue weighted by Gasteiger charge is 2.23. The van der Waals surface area contributed by atoms with E-state index in [0.717, 1.165) is 4.68 Å². The average molecular weight is 386 g/mol. The fraction of sp³-hybridized carbons (Fsp3) is 0.158. The lowest BCUT2D eigenvalue weighted by Crippen LogP contribution is -2.31. The maximum Gasteiger partial charge on any atom is 0.360 e. The predicted octanol–water partition coefficient (Wildman–Crippen LogP) is 2.77. The van der Waals surface area contributed by atoms with Gasteiger partial charge in [-0.15, -0.1) is 0 Å². The Labute approximate surface area is 159 Å². The molecule has 0 saturated carbocycles. The number of hydrogen-bond acceptors (Lipinski definition) is 5. The first kappa shape index (κ1) is 18.6. The van der Waals surface area contributed by atoms with E-state index in [4.69, 9.17) is 16.3 Å². The summed E-state index contributed by atoms with van der Waals surface area (Å²) in [7, 11) is 1.44. The molecular weight excluding hydrogens is 370 g/mol. The van der Waals surface area contributed by atoms with Crippen LogP contribution in [0.5, 0.6) is 0 Å². The van der Waals surface area contributed by atoms with Crippen molar-refractivity contribution in [2.45, 2.75) is 13.0 Å². The normalized spacial score (nSPS) is 11.8. The summed E-state index contributed by atoms with van der Waals surface area (Å²) in [6, 6.07) is 13.3. The Morgan fingerprint density at radius 2 is 1.74 bits per heavy atom. The molecule has 1 heterocycles. The van der Waals surface area contributed by atoms with Crippen LogP contribution in [0.2, 0.25) is 5.02 Å². The average Bonchev–Trinajstić information content (AvgIpc) is 2.66. The number of halogens is 1. The first-order chi connectivity index (χ1) is 12.9. The van der Waals surface area contributed by atoms with E-state index in [0.29, 0.717) is 21.5 Å². The van der Waals surface area contributed by atoms with Crippen LogP contribution in [-0.2, 0) is 16.6 Å². The van der Waals surface area contributed by atoms with Crippen molar-refractivity contribution in [2.75, 3.05) is 5.32 Å². The molecule has 1 N–H and O–H groups in total. The zero-order valence-electron chi connectivity index (χ0n) is 14.6. The van der Waals surface area contributed by atoms with Crippen LogP contribution in [0.3, 0.4) is 0 Å². The number of hydrogen-bond donors (Lipinski definition) is 1. The van der Waals surface area contributed by atoms with E-state index in [1.807, 2.05) is 0 Å². The summed E-state index contributed by atoms with van der Waals surface area (Å²) in [5.74, 6) is -1.34. The van der Waals surface area contributed by atoms with Crippen LogP contribution in [0, 0.1) is 0 Å². The molecule has 1 aromatic heterocycles. The van der Waals surface area contributed by atoms with Gasteiger partial charge in [-0.2, -0.15) is 5.10 Å². The highest BCUT2D eigenvalue weighted by atomic mass is 35.5.